The summed E-state index contributed by atoms with van der Waals surface area (Å²) in [5.41, 5.74) is 2.10. The van der Waals surface area contributed by atoms with Gasteiger partial charge >= 0.3 is 5.97 Å². The molecule has 0 radical (unpaired) electrons. The summed E-state index contributed by atoms with van der Waals surface area (Å²) in [5.74, 6) is 0.745. The summed E-state index contributed by atoms with van der Waals surface area (Å²) in [7, 11) is 0. The highest BCUT2D eigenvalue weighted by Crippen LogP contribution is 2.31. The van der Waals surface area contributed by atoms with E-state index in [2.05, 4.69) is 4.98 Å². The number of hydrogen-bond donors (Lipinski definition) is 1. The number of nitrogens with zero attached hydrogens (tertiary/aromatic N) is 1. The van der Waals surface area contributed by atoms with Crippen molar-refractivity contribution in [3.63, 3.8) is 0 Å². The van der Waals surface area contributed by atoms with Crippen molar-refractivity contribution in [2.45, 2.75) is 25.9 Å². The third-order valence-corrected chi connectivity index (χ3v) is 5.36. The average Bonchev–Trinajstić information content (AvgIpc) is 3.22. The number of aromatic nitrogens is 1. The van der Waals surface area contributed by atoms with Crippen LogP contribution >= 0.6 is 0 Å². The molecule has 0 spiro atoms. The third kappa shape index (κ3) is 4.99. The molecule has 7 heteroatoms. The predicted molar refractivity (Wildman–Crippen MR) is 116 cm³/mol. The van der Waals surface area contributed by atoms with Crippen molar-refractivity contribution in [1.29, 1.82) is 0 Å². The molecule has 0 saturated heterocycles. The molecule has 2 heterocycles. The van der Waals surface area contributed by atoms with Gasteiger partial charge in [0.2, 0.25) is 0 Å². The van der Waals surface area contributed by atoms with Crippen LogP contribution in [0.1, 0.15) is 18.9 Å². The monoisotopic (exact) mass is 422 g/mol. The summed E-state index contributed by atoms with van der Waals surface area (Å²) in [6.07, 6.45) is 2.42. The maximum atomic E-state index is 12.6. The smallest absolute Gasteiger partial charge is 0.306 e. The van der Waals surface area contributed by atoms with Crippen LogP contribution in [0.4, 0.5) is 0 Å². The number of aryl methyl sites for hydroxylation is 1. The van der Waals surface area contributed by atoms with Gasteiger partial charge in [-0.05, 0) is 37.1 Å². The fourth-order valence-electron chi connectivity index (χ4n) is 3.69. The van der Waals surface area contributed by atoms with Crippen LogP contribution < -0.4 is 9.47 Å². The summed E-state index contributed by atoms with van der Waals surface area (Å²) in [6.45, 7) is 2.84. The molecule has 162 valence electrons. The van der Waals surface area contributed by atoms with Gasteiger partial charge in [0.1, 0.15) is 6.61 Å². The standard InChI is InChI=1S/C24H26N2O5/c1-2-26(14-18-15-29-21-9-5-6-10-22(21)31-18)23(27)16-30-24(28)12-11-17-13-25-20-8-4-3-7-19(17)20/h3-10,13,18,25H,2,11-12,14-16H2,1H3/t18-/m0/s1. The van der Waals surface area contributed by atoms with Crippen LogP contribution in [0.25, 0.3) is 10.9 Å². The Kier molecular flexibility index (Phi) is 6.40. The molecule has 2 aromatic carbocycles. The van der Waals surface area contributed by atoms with E-state index in [9.17, 15) is 9.59 Å². The Labute approximate surface area is 180 Å². The SMILES string of the molecule is CCN(C[C@H]1COc2ccccc2O1)C(=O)COC(=O)CCc1c[nH]c2ccccc12. The van der Waals surface area contributed by atoms with Crippen LogP contribution in [0.15, 0.2) is 54.7 Å². The number of carbonyl (C=O) groups is 2. The van der Waals surface area contributed by atoms with Crippen LogP contribution in [-0.4, -0.2) is 54.2 Å². The van der Waals surface area contributed by atoms with Crippen molar-refractivity contribution in [2.75, 3.05) is 26.3 Å². The van der Waals surface area contributed by atoms with Gasteiger partial charge in [0.05, 0.1) is 6.54 Å². The minimum Gasteiger partial charge on any atom is -0.486 e. The molecule has 0 fully saturated rings. The molecule has 1 aliphatic rings. The number of carbonyl (C=O) groups excluding carboxylic acids is 2. The topological polar surface area (TPSA) is 80.9 Å². The van der Waals surface area contributed by atoms with Crippen LogP contribution in [0, 0.1) is 0 Å². The normalized spacial score (nSPS) is 14.9. The zero-order valence-electron chi connectivity index (χ0n) is 17.5. The number of aromatic amines is 1. The number of esters is 1. The van der Waals surface area contributed by atoms with E-state index in [1.54, 1.807) is 4.90 Å². The minimum absolute atomic E-state index is 0.220. The first-order valence-electron chi connectivity index (χ1n) is 10.5. The van der Waals surface area contributed by atoms with E-state index in [0.29, 0.717) is 37.6 Å². The minimum atomic E-state index is -0.388. The second-order valence-electron chi connectivity index (χ2n) is 7.45. The molecule has 0 saturated carbocycles. The van der Waals surface area contributed by atoms with E-state index in [1.165, 1.54) is 0 Å². The van der Waals surface area contributed by atoms with Crippen molar-refractivity contribution in [2.24, 2.45) is 0 Å². The first-order valence-corrected chi connectivity index (χ1v) is 10.5. The summed E-state index contributed by atoms with van der Waals surface area (Å²) >= 11 is 0. The number of likely N-dealkylation sites (N-methyl/N-ethyl adjacent to an activating group) is 1. The molecule has 3 aromatic rings. The molecule has 0 bridgehead atoms. The van der Waals surface area contributed by atoms with Gasteiger partial charge in [0.15, 0.2) is 24.2 Å². The Bertz CT molecular complexity index is 1060. The molecule has 4 rings (SSSR count). The van der Waals surface area contributed by atoms with Crippen LogP contribution in [-0.2, 0) is 20.7 Å². The highest BCUT2D eigenvalue weighted by molar-refractivity contribution is 5.84. The number of benzene rings is 2. The lowest BCUT2D eigenvalue weighted by Gasteiger charge is -2.30. The van der Waals surface area contributed by atoms with Crippen molar-refractivity contribution >= 4 is 22.8 Å². The molecule has 1 amide bonds. The van der Waals surface area contributed by atoms with E-state index in [-0.39, 0.29) is 31.0 Å². The zero-order chi connectivity index (χ0) is 21.6. The highest BCUT2D eigenvalue weighted by atomic mass is 16.6. The molecular formula is C24H26N2O5. The second-order valence-corrected chi connectivity index (χ2v) is 7.45. The summed E-state index contributed by atoms with van der Waals surface area (Å²) in [6, 6.07) is 15.4. The number of para-hydroxylation sites is 3. The number of nitrogens with one attached hydrogen (secondary N) is 1. The number of ether oxygens (including phenoxy) is 3. The molecular weight excluding hydrogens is 396 g/mol. The van der Waals surface area contributed by atoms with Crippen molar-refractivity contribution in [3.05, 3.63) is 60.3 Å². The number of fused-ring (bicyclic) bond motifs is 2. The van der Waals surface area contributed by atoms with Gasteiger partial charge in [-0.15, -0.1) is 0 Å². The number of amides is 1. The van der Waals surface area contributed by atoms with E-state index in [1.807, 2.05) is 61.7 Å². The Hall–Kier alpha value is -3.48. The van der Waals surface area contributed by atoms with Gasteiger partial charge in [-0.25, -0.2) is 0 Å². The van der Waals surface area contributed by atoms with Gasteiger partial charge in [-0.3, -0.25) is 9.59 Å². The first kappa shape index (κ1) is 20.8. The van der Waals surface area contributed by atoms with E-state index < -0.39 is 0 Å². The number of hydrogen-bond acceptors (Lipinski definition) is 5. The molecule has 7 nitrogen and oxygen atoms in total. The Morgan fingerprint density at radius 1 is 1.13 bits per heavy atom. The maximum Gasteiger partial charge on any atom is 0.306 e. The van der Waals surface area contributed by atoms with Gasteiger partial charge in [-0.1, -0.05) is 30.3 Å². The second kappa shape index (κ2) is 9.55. The molecule has 1 aliphatic heterocycles. The summed E-state index contributed by atoms with van der Waals surface area (Å²) in [4.78, 5) is 29.5. The molecule has 0 aliphatic carbocycles. The van der Waals surface area contributed by atoms with Gasteiger partial charge in [0.25, 0.3) is 5.91 Å². The van der Waals surface area contributed by atoms with Crippen molar-refractivity contribution in [1.82, 2.24) is 9.88 Å². The summed E-state index contributed by atoms with van der Waals surface area (Å²) < 4.78 is 16.9. The number of H-pyrrole nitrogens is 1. The average molecular weight is 422 g/mol. The van der Waals surface area contributed by atoms with E-state index in [0.717, 1.165) is 16.5 Å². The fourth-order valence-corrected chi connectivity index (χ4v) is 3.69. The maximum absolute atomic E-state index is 12.6. The fraction of sp³-hybridized carbons (Fsp3) is 0.333. The largest absolute Gasteiger partial charge is 0.486 e. The molecule has 31 heavy (non-hydrogen) atoms. The van der Waals surface area contributed by atoms with Gasteiger partial charge in [-0.2, -0.15) is 0 Å². The van der Waals surface area contributed by atoms with Crippen LogP contribution in [0.3, 0.4) is 0 Å². The van der Waals surface area contributed by atoms with Crippen LogP contribution in [0.5, 0.6) is 11.5 Å². The Morgan fingerprint density at radius 3 is 2.74 bits per heavy atom. The quantitative estimate of drug-likeness (QED) is 0.563. The first-order chi connectivity index (χ1) is 15.1. The van der Waals surface area contributed by atoms with E-state index in [4.69, 9.17) is 14.2 Å². The molecule has 1 aromatic heterocycles. The highest BCUT2D eigenvalue weighted by Gasteiger charge is 2.25. The lowest BCUT2D eigenvalue weighted by Crippen LogP contribution is -2.45. The molecule has 1 atom stereocenters. The lowest BCUT2D eigenvalue weighted by molar-refractivity contribution is -0.152. The summed E-state index contributed by atoms with van der Waals surface area (Å²) in [5, 5.41) is 1.10. The molecule has 1 N–H and O–H groups in total. The lowest BCUT2D eigenvalue weighted by atomic mass is 10.1. The van der Waals surface area contributed by atoms with Crippen molar-refractivity contribution < 1.29 is 23.8 Å². The number of rotatable bonds is 8. The van der Waals surface area contributed by atoms with Crippen LogP contribution in [0.2, 0.25) is 0 Å². The predicted octanol–water partition coefficient (Wildman–Crippen LogP) is 3.33. The van der Waals surface area contributed by atoms with E-state index >= 15 is 0 Å². The third-order valence-electron chi connectivity index (χ3n) is 5.36. The Balaban J connectivity index is 1.24. The molecule has 0 unspecified atom stereocenters. The zero-order valence-corrected chi connectivity index (χ0v) is 17.5. The van der Waals surface area contributed by atoms with Gasteiger partial charge in [0, 0.05) is 30.1 Å². The van der Waals surface area contributed by atoms with Crippen molar-refractivity contribution in [3.8, 4) is 11.5 Å². The Morgan fingerprint density at radius 2 is 1.90 bits per heavy atom. The van der Waals surface area contributed by atoms with Gasteiger partial charge < -0.3 is 24.1 Å².